The van der Waals surface area contributed by atoms with Gasteiger partial charge in [0.1, 0.15) is 23.9 Å². The second-order valence-corrected chi connectivity index (χ2v) is 7.23. The van der Waals surface area contributed by atoms with E-state index in [1.54, 1.807) is 24.3 Å². The zero-order chi connectivity index (χ0) is 24.6. The average Bonchev–Trinajstić information content (AvgIpc) is 3.10. The molecule has 1 aliphatic heterocycles. The van der Waals surface area contributed by atoms with Crippen LogP contribution in [0.1, 0.15) is 18.1 Å². The molecular weight excluding hydrogens is 462 g/mol. The van der Waals surface area contributed by atoms with Gasteiger partial charge >= 0.3 is 0 Å². The average molecular weight is 476 g/mol. The molecule has 0 radical (unpaired) electrons. The van der Waals surface area contributed by atoms with Crippen molar-refractivity contribution in [3.8, 4) is 5.75 Å². The second kappa shape index (κ2) is 9.05. The first-order valence-electron chi connectivity index (χ1n) is 9.78. The molecule has 0 atom stereocenters. The van der Waals surface area contributed by atoms with E-state index in [0.717, 1.165) is 0 Å². The summed E-state index contributed by atoms with van der Waals surface area (Å²) in [4.78, 5) is 12.9. The molecule has 34 heavy (non-hydrogen) atoms. The van der Waals surface area contributed by atoms with Crippen LogP contribution in [0.25, 0.3) is 6.08 Å². The van der Waals surface area contributed by atoms with Crippen LogP contribution in [-0.2, 0) is 11.4 Å². The van der Waals surface area contributed by atoms with Crippen LogP contribution in [0.15, 0.2) is 59.2 Å². The lowest BCUT2D eigenvalue weighted by Crippen LogP contribution is -2.25. The van der Waals surface area contributed by atoms with Gasteiger partial charge in [-0.05, 0) is 36.8 Å². The number of nitrogens with zero attached hydrogens (tertiary/aromatic N) is 2. The van der Waals surface area contributed by atoms with Crippen LogP contribution in [0.2, 0.25) is 0 Å². The number of hydrogen-bond donors (Lipinski definition) is 0. The predicted molar refractivity (Wildman–Crippen MR) is 112 cm³/mol. The fraction of sp³-hybridized carbons (Fsp3) is 0.0833. The molecule has 0 spiro atoms. The zero-order valence-corrected chi connectivity index (χ0v) is 17.4. The van der Waals surface area contributed by atoms with Crippen molar-refractivity contribution < 1.29 is 35.9 Å². The molecule has 0 bridgehead atoms. The van der Waals surface area contributed by atoms with Crippen molar-refractivity contribution in [2.24, 2.45) is 5.10 Å². The van der Waals surface area contributed by atoms with Gasteiger partial charge in [-0.3, -0.25) is 4.79 Å². The molecule has 0 unspecified atom stereocenters. The van der Waals surface area contributed by atoms with Gasteiger partial charge in [0, 0.05) is 5.56 Å². The Morgan fingerprint density at radius 2 is 1.44 bits per heavy atom. The van der Waals surface area contributed by atoms with Crippen LogP contribution in [-0.4, -0.2) is 11.6 Å². The minimum Gasteiger partial charge on any atom is -0.488 e. The van der Waals surface area contributed by atoms with E-state index in [0.29, 0.717) is 16.9 Å². The normalized spacial score (nSPS) is 14.7. The fourth-order valence-electron chi connectivity index (χ4n) is 3.24. The van der Waals surface area contributed by atoms with E-state index in [2.05, 4.69) is 5.10 Å². The van der Waals surface area contributed by atoms with Crippen molar-refractivity contribution in [2.45, 2.75) is 13.5 Å². The molecule has 0 aromatic heterocycles. The van der Waals surface area contributed by atoms with E-state index in [-0.39, 0.29) is 22.9 Å². The third-order valence-corrected chi connectivity index (χ3v) is 4.99. The molecule has 1 amide bonds. The van der Waals surface area contributed by atoms with Gasteiger partial charge in [0.25, 0.3) is 5.91 Å². The van der Waals surface area contributed by atoms with Gasteiger partial charge in [0.15, 0.2) is 23.3 Å². The fourth-order valence-corrected chi connectivity index (χ4v) is 3.24. The van der Waals surface area contributed by atoms with Gasteiger partial charge in [0.05, 0.1) is 11.3 Å². The van der Waals surface area contributed by atoms with Crippen molar-refractivity contribution in [3.05, 3.63) is 100 Å². The molecule has 3 aromatic carbocycles. The number of ether oxygens (including phenoxy) is 1. The minimum atomic E-state index is -2.34. The number of rotatable bonds is 5. The highest BCUT2D eigenvalue weighted by molar-refractivity contribution is 6.32. The minimum absolute atomic E-state index is 0.0118. The Hall–Kier alpha value is -4.08. The summed E-state index contributed by atoms with van der Waals surface area (Å²) in [6, 6.07) is 12.1. The molecule has 0 fully saturated rings. The van der Waals surface area contributed by atoms with Gasteiger partial charge in [0.2, 0.25) is 5.82 Å². The molecule has 3 aromatic rings. The number of hydrogen-bond acceptors (Lipinski definition) is 3. The summed E-state index contributed by atoms with van der Waals surface area (Å²) < 4.78 is 87.9. The quantitative estimate of drug-likeness (QED) is 0.199. The first-order valence-corrected chi connectivity index (χ1v) is 9.78. The lowest BCUT2D eigenvalue weighted by Gasteiger charge is -2.15. The molecule has 4 rings (SSSR count). The maximum absolute atomic E-state index is 14.2. The second-order valence-electron chi connectivity index (χ2n) is 7.23. The molecule has 0 saturated carbocycles. The molecule has 0 aliphatic carbocycles. The van der Waals surface area contributed by atoms with E-state index < -0.39 is 46.5 Å². The SMILES string of the molecule is CC1=NN(c2c(F)c(F)c(F)c(F)c2F)C(=O)/C1=C/c1ccccc1OCc1ccc(F)cc1. The summed E-state index contributed by atoms with van der Waals surface area (Å²) >= 11 is 0. The van der Waals surface area contributed by atoms with Crippen LogP contribution >= 0.6 is 0 Å². The number of hydrazone groups is 1. The zero-order valence-electron chi connectivity index (χ0n) is 17.4. The van der Waals surface area contributed by atoms with Gasteiger partial charge < -0.3 is 4.74 Å². The monoisotopic (exact) mass is 476 g/mol. The summed E-state index contributed by atoms with van der Waals surface area (Å²) in [6.45, 7) is 1.43. The van der Waals surface area contributed by atoms with Crippen LogP contribution in [0.4, 0.5) is 32.0 Å². The number of anilines is 1. The number of halogens is 6. The number of carbonyl (C=O) groups excluding carboxylic acids is 1. The first-order chi connectivity index (χ1) is 16.2. The number of para-hydroxylation sites is 1. The van der Waals surface area contributed by atoms with E-state index in [1.165, 1.54) is 37.3 Å². The van der Waals surface area contributed by atoms with Crippen LogP contribution < -0.4 is 9.75 Å². The lowest BCUT2D eigenvalue weighted by molar-refractivity contribution is -0.114. The molecular formula is C24H14F6N2O2. The van der Waals surface area contributed by atoms with E-state index in [9.17, 15) is 31.1 Å². The molecule has 0 N–H and O–H groups in total. The molecule has 0 saturated heterocycles. The molecule has 1 aliphatic rings. The Labute approximate surface area is 189 Å². The molecule has 1 heterocycles. The highest BCUT2D eigenvalue weighted by Gasteiger charge is 2.37. The number of amides is 1. The predicted octanol–water partition coefficient (Wildman–Crippen LogP) is 5.91. The highest BCUT2D eigenvalue weighted by Crippen LogP contribution is 2.34. The smallest absolute Gasteiger partial charge is 0.280 e. The maximum atomic E-state index is 14.2. The van der Waals surface area contributed by atoms with Crippen LogP contribution in [0.5, 0.6) is 5.75 Å². The molecule has 10 heteroatoms. The molecule has 4 nitrogen and oxygen atoms in total. The van der Waals surface area contributed by atoms with Gasteiger partial charge in [-0.15, -0.1) is 0 Å². The van der Waals surface area contributed by atoms with Crippen LogP contribution in [0, 0.1) is 34.9 Å². The van der Waals surface area contributed by atoms with Gasteiger partial charge in [-0.25, -0.2) is 26.3 Å². The maximum Gasteiger partial charge on any atom is 0.280 e. The number of carbonyl (C=O) groups is 1. The summed E-state index contributed by atoms with van der Waals surface area (Å²) in [7, 11) is 0. The first kappa shape index (κ1) is 23.1. The Balaban J connectivity index is 1.66. The third-order valence-electron chi connectivity index (χ3n) is 4.99. The van der Waals surface area contributed by atoms with Crippen LogP contribution in [0.3, 0.4) is 0 Å². The Kier molecular flexibility index (Phi) is 6.14. The summed E-state index contributed by atoms with van der Waals surface area (Å²) in [5, 5.41) is 3.84. The van der Waals surface area contributed by atoms with Gasteiger partial charge in [-0.2, -0.15) is 10.1 Å². The van der Waals surface area contributed by atoms with E-state index in [1.807, 2.05) is 0 Å². The summed E-state index contributed by atoms with van der Waals surface area (Å²) in [5.41, 5.74) is -0.549. The van der Waals surface area contributed by atoms with Gasteiger partial charge in [-0.1, -0.05) is 30.3 Å². The Morgan fingerprint density at radius 1 is 0.853 bits per heavy atom. The van der Waals surface area contributed by atoms with Crippen molar-refractivity contribution in [3.63, 3.8) is 0 Å². The van der Waals surface area contributed by atoms with E-state index >= 15 is 0 Å². The van der Waals surface area contributed by atoms with E-state index in [4.69, 9.17) is 4.74 Å². The lowest BCUT2D eigenvalue weighted by atomic mass is 10.1. The summed E-state index contributed by atoms with van der Waals surface area (Å²) in [5.74, 6) is -12.2. The Morgan fingerprint density at radius 3 is 2.09 bits per heavy atom. The van der Waals surface area contributed by atoms with Crippen molar-refractivity contribution >= 4 is 23.4 Å². The summed E-state index contributed by atoms with van der Waals surface area (Å²) in [6.07, 6.45) is 1.33. The van der Waals surface area contributed by atoms with Crippen molar-refractivity contribution in [1.82, 2.24) is 0 Å². The Bertz CT molecular complexity index is 1320. The van der Waals surface area contributed by atoms with Crippen molar-refractivity contribution in [2.75, 3.05) is 5.01 Å². The third kappa shape index (κ3) is 4.14. The van der Waals surface area contributed by atoms with Crippen molar-refractivity contribution in [1.29, 1.82) is 0 Å². The topological polar surface area (TPSA) is 41.9 Å². The number of benzene rings is 3. The molecule has 174 valence electrons. The standard InChI is InChI=1S/C24H14F6N2O2/c1-12-16(24(33)32(31-12)23-21(29)19(27)18(26)20(28)22(23)30)10-14-4-2-3-5-17(14)34-11-13-6-8-15(25)9-7-13/h2-10H,11H2,1H3/b16-10+. The highest BCUT2D eigenvalue weighted by atomic mass is 19.2. The largest absolute Gasteiger partial charge is 0.488 e.